The molecule has 0 saturated heterocycles. The van der Waals surface area contributed by atoms with Crippen LogP contribution >= 0.6 is 11.6 Å². The molecule has 122 valence electrons. The maximum absolute atomic E-state index is 12.2. The molecule has 1 N–H and O–H groups in total. The zero-order valence-corrected chi connectivity index (χ0v) is 14.1. The van der Waals surface area contributed by atoms with E-state index in [1.165, 1.54) is 0 Å². The first-order chi connectivity index (χ1) is 12.1. The summed E-state index contributed by atoms with van der Waals surface area (Å²) < 4.78 is 0. The van der Waals surface area contributed by atoms with E-state index in [2.05, 4.69) is 15.2 Å². The summed E-state index contributed by atoms with van der Waals surface area (Å²) in [6.45, 7) is 1.69. The Balaban J connectivity index is 2.18. The molecule has 0 amide bonds. The molecule has 0 bridgehead atoms. The fourth-order valence-electron chi connectivity index (χ4n) is 2.40. The molecule has 0 fully saturated rings. The maximum Gasteiger partial charge on any atom is 0.266 e. The average Bonchev–Trinajstić information content (AvgIpc) is 2.63. The van der Waals surface area contributed by atoms with Gasteiger partial charge in [-0.15, -0.1) is 5.11 Å². The number of rotatable bonds is 3. The van der Waals surface area contributed by atoms with Gasteiger partial charge in [-0.05, 0) is 31.2 Å². The van der Waals surface area contributed by atoms with Crippen LogP contribution in [0.5, 0.6) is 0 Å². The highest BCUT2D eigenvalue weighted by Gasteiger charge is 2.15. The van der Waals surface area contributed by atoms with Crippen molar-refractivity contribution in [1.82, 2.24) is 4.98 Å². The molecule has 25 heavy (non-hydrogen) atoms. The molecule has 5 nitrogen and oxygen atoms in total. The summed E-state index contributed by atoms with van der Waals surface area (Å²) in [7, 11) is 0. The lowest BCUT2D eigenvalue weighted by atomic mass is 10.0. The molecule has 1 heterocycles. The van der Waals surface area contributed by atoms with E-state index in [0.717, 1.165) is 5.56 Å². The number of nitrogens with one attached hydrogen (secondary N) is 1. The van der Waals surface area contributed by atoms with Crippen LogP contribution in [0.15, 0.2) is 69.6 Å². The van der Waals surface area contributed by atoms with Gasteiger partial charge in [-0.3, -0.25) is 4.79 Å². The van der Waals surface area contributed by atoms with Crippen LogP contribution in [-0.2, 0) is 0 Å². The third-order valence-corrected chi connectivity index (χ3v) is 3.95. The number of aromatic amines is 1. The Morgan fingerprint density at radius 3 is 2.36 bits per heavy atom. The van der Waals surface area contributed by atoms with Gasteiger partial charge in [-0.25, -0.2) is 0 Å². The topological polar surface area (TPSA) is 81.4 Å². The molecule has 0 saturated carbocycles. The number of benzene rings is 2. The number of H-pyrrole nitrogens is 1. The van der Waals surface area contributed by atoms with Crippen LogP contribution in [0.4, 0.5) is 11.4 Å². The number of halogens is 1. The molecule has 0 atom stereocenters. The van der Waals surface area contributed by atoms with Gasteiger partial charge in [0, 0.05) is 16.1 Å². The van der Waals surface area contributed by atoms with Crippen molar-refractivity contribution in [3.05, 3.63) is 81.1 Å². The second-order valence-corrected chi connectivity index (χ2v) is 5.77. The standard InChI is InChI=1S/C19H13ClN4O/c1-12-16(11-21)19(25)22-18(13-5-3-2-4-6-13)17(12)24-23-15-9-7-14(20)8-10-15/h2-10H,1H3,(H,22,25). The lowest BCUT2D eigenvalue weighted by molar-refractivity contribution is 1.13. The zero-order chi connectivity index (χ0) is 17.8. The Kier molecular flexibility index (Phi) is 4.73. The molecule has 2 aromatic carbocycles. The third-order valence-electron chi connectivity index (χ3n) is 3.70. The third kappa shape index (κ3) is 3.49. The van der Waals surface area contributed by atoms with E-state index in [1.54, 1.807) is 31.2 Å². The van der Waals surface area contributed by atoms with Gasteiger partial charge in [0.15, 0.2) is 0 Å². The van der Waals surface area contributed by atoms with Crippen LogP contribution in [0.3, 0.4) is 0 Å². The molecular weight excluding hydrogens is 336 g/mol. The van der Waals surface area contributed by atoms with E-state index < -0.39 is 5.56 Å². The first-order valence-corrected chi connectivity index (χ1v) is 7.87. The van der Waals surface area contributed by atoms with Crippen LogP contribution in [0.1, 0.15) is 11.1 Å². The molecule has 3 aromatic rings. The number of hydrogen-bond donors (Lipinski definition) is 1. The first-order valence-electron chi connectivity index (χ1n) is 7.50. The summed E-state index contributed by atoms with van der Waals surface area (Å²) in [5, 5.41) is 18.3. The van der Waals surface area contributed by atoms with Crippen LogP contribution in [-0.4, -0.2) is 4.98 Å². The molecular formula is C19H13ClN4O. The highest BCUT2D eigenvalue weighted by Crippen LogP contribution is 2.32. The minimum Gasteiger partial charge on any atom is -0.319 e. The SMILES string of the molecule is Cc1c(N=Nc2ccc(Cl)cc2)c(-c2ccccc2)[nH]c(=O)c1C#N. The van der Waals surface area contributed by atoms with Gasteiger partial charge < -0.3 is 4.98 Å². The average molecular weight is 349 g/mol. The summed E-state index contributed by atoms with van der Waals surface area (Å²) in [6, 6.07) is 18.2. The molecule has 1 aromatic heterocycles. The predicted molar refractivity (Wildman–Crippen MR) is 97.6 cm³/mol. The van der Waals surface area contributed by atoms with Gasteiger partial charge in [0.25, 0.3) is 5.56 Å². The molecule has 0 unspecified atom stereocenters. The summed E-state index contributed by atoms with van der Waals surface area (Å²) in [6.07, 6.45) is 0. The Morgan fingerprint density at radius 1 is 1.04 bits per heavy atom. The minimum atomic E-state index is -0.440. The molecule has 6 heteroatoms. The van der Waals surface area contributed by atoms with Crippen molar-refractivity contribution in [2.75, 3.05) is 0 Å². The smallest absolute Gasteiger partial charge is 0.266 e. The highest BCUT2D eigenvalue weighted by molar-refractivity contribution is 6.30. The summed E-state index contributed by atoms with van der Waals surface area (Å²) in [5.74, 6) is 0. The van der Waals surface area contributed by atoms with Crippen LogP contribution < -0.4 is 5.56 Å². The Bertz CT molecular complexity index is 1030. The van der Waals surface area contributed by atoms with Gasteiger partial charge in [0.2, 0.25) is 0 Å². The normalized spacial score (nSPS) is 10.8. The van der Waals surface area contributed by atoms with E-state index in [0.29, 0.717) is 27.7 Å². The summed E-state index contributed by atoms with van der Waals surface area (Å²) in [5.41, 5.74) is 2.47. The molecule has 0 spiro atoms. The first kappa shape index (κ1) is 16.6. The van der Waals surface area contributed by atoms with Crippen molar-refractivity contribution < 1.29 is 0 Å². The fraction of sp³-hybridized carbons (Fsp3) is 0.0526. The Morgan fingerprint density at radius 2 is 1.72 bits per heavy atom. The van der Waals surface area contributed by atoms with Crippen LogP contribution in [0, 0.1) is 18.3 Å². The number of aromatic nitrogens is 1. The van der Waals surface area contributed by atoms with E-state index in [-0.39, 0.29) is 5.56 Å². The summed E-state index contributed by atoms with van der Waals surface area (Å²) >= 11 is 5.87. The summed E-state index contributed by atoms with van der Waals surface area (Å²) in [4.78, 5) is 14.9. The zero-order valence-electron chi connectivity index (χ0n) is 13.3. The van der Waals surface area contributed by atoms with Gasteiger partial charge in [-0.2, -0.15) is 10.4 Å². The molecule has 0 aliphatic rings. The molecule has 3 rings (SSSR count). The van der Waals surface area contributed by atoms with Crippen molar-refractivity contribution >= 4 is 23.0 Å². The van der Waals surface area contributed by atoms with E-state index in [1.807, 2.05) is 36.4 Å². The Hall–Kier alpha value is -3.23. The highest BCUT2D eigenvalue weighted by atomic mass is 35.5. The molecule has 0 radical (unpaired) electrons. The van der Waals surface area contributed by atoms with Gasteiger partial charge in [-0.1, -0.05) is 41.9 Å². The number of pyridine rings is 1. The second-order valence-electron chi connectivity index (χ2n) is 5.33. The predicted octanol–water partition coefficient (Wildman–Crippen LogP) is 5.29. The lowest BCUT2D eigenvalue weighted by Crippen LogP contribution is -2.13. The Labute approximate surface area is 149 Å². The minimum absolute atomic E-state index is 0.0322. The quantitative estimate of drug-likeness (QED) is 0.652. The van der Waals surface area contributed by atoms with Gasteiger partial charge in [0.1, 0.15) is 17.3 Å². The lowest BCUT2D eigenvalue weighted by Gasteiger charge is -2.09. The molecule has 0 aliphatic heterocycles. The monoisotopic (exact) mass is 348 g/mol. The van der Waals surface area contributed by atoms with Crippen molar-refractivity contribution in [3.8, 4) is 17.3 Å². The number of nitriles is 1. The maximum atomic E-state index is 12.2. The molecule has 0 aliphatic carbocycles. The van der Waals surface area contributed by atoms with Crippen molar-refractivity contribution in [1.29, 1.82) is 5.26 Å². The second kappa shape index (κ2) is 7.12. The fourth-order valence-corrected chi connectivity index (χ4v) is 2.53. The number of nitrogens with zero attached hydrogens (tertiary/aromatic N) is 3. The van der Waals surface area contributed by atoms with Crippen LogP contribution in [0.2, 0.25) is 5.02 Å². The van der Waals surface area contributed by atoms with Crippen molar-refractivity contribution in [3.63, 3.8) is 0 Å². The van der Waals surface area contributed by atoms with E-state index >= 15 is 0 Å². The number of hydrogen-bond acceptors (Lipinski definition) is 4. The van der Waals surface area contributed by atoms with Crippen molar-refractivity contribution in [2.45, 2.75) is 6.92 Å². The van der Waals surface area contributed by atoms with Crippen LogP contribution in [0.25, 0.3) is 11.3 Å². The van der Waals surface area contributed by atoms with E-state index in [9.17, 15) is 10.1 Å². The largest absolute Gasteiger partial charge is 0.319 e. The van der Waals surface area contributed by atoms with E-state index in [4.69, 9.17) is 11.6 Å². The van der Waals surface area contributed by atoms with Crippen molar-refractivity contribution in [2.24, 2.45) is 10.2 Å². The van der Waals surface area contributed by atoms with Gasteiger partial charge >= 0.3 is 0 Å². The van der Waals surface area contributed by atoms with Gasteiger partial charge in [0.05, 0.1) is 11.4 Å². The number of azo groups is 1.